The van der Waals surface area contributed by atoms with E-state index in [9.17, 15) is 46.0 Å². The zero-order chi connectivity index (χ0) is 34.7. The summed E-state index contributed by atoms with van der Waals surface area (Å²) in [5, 5.41) is 90.3. The van der Waals surface area contributed by atoms with Gasteiger partial charge in [-0.15, -0.1) is 0 Å². The lowest BCUT2D eigenvalue weighted by molar-refractivity contribution is -0.298. The summed E-state index contributed by atoms with van der Waals surface area (Å²) in [6.07, 6.45) is -11.9. The first-order valence-electron chi connectivity index (χ1n) is 15.3. The molecule has 0 aliphatic carbocycles. The van der Waals surface area contributed by atoms with Crippen molar-refractivity contribution in [2.45, 2.75) is 73.4 Å². The Bertz CT molecular complexity index is 1400. The van der Waals surface area contributed by atoms with Crippen molar-refractivity contribution >= 4 is 6.08 Å². The molecule has 2 aromatic rings. The summed E-state index contributed by atoms with van der Waals surface area (Å²) in [5.74, 6) is 0.576. The van der Waals surface area contributed by atoms with E-state index < -0.39 is 86.6 Å². The number of methoxy groups -OCH3 is 2. The third kappa shape index (κ3) is 7.11. The van der Waals surface area contributed by atoms with E-state index >= 15 is 0 Å². The molecule has 0 spiro atoms. The molecule has 2 fully saturated rings. The quantitative estimate of drug-likeness (QED) is 0.117. The third-order valence-electron chi connectivity index (χ3n) is 8.66. The number of aliphatic hydroxyl groups excluding tert-OH is 9. The SMILES string of the molecule is COc1ccc(C2Oc3c(OC)cc(/C=C/CO[C@@H]4O[C@H](CO)[C@@H](O)[C@H](O)[C@H]4O)cc3C2CO)cc1O[C@@H]1O[C@H](CO)[C@@H](O)[C@H](O)[C@H]1O. The Morgan fingerprint density at radius 3 is 1.92 bits per heavy atom. The minimum atomic E-state index is -1.65. The first kappa shape index (κ1) is 36.2. The fraction of sp³-hybridized carbons (Fsp3) is 0.562. The van der Waals surface area contributed by atoms with Gasteiger partial charge in [0.05, 0.1) is 46.6 Å². The minimum absolute atomic E-state index is 0.0618. The second-order valence-corrected chi connectivity index (χ2v) is 11.6. The van der Waals surface area contributed by atoms with Crippen molar-refractivity contribution in [1.29, 1.82) is 0 Å². The number of rotatable bonds is 12. The predicted molar refractivity (Wildman–Crippen MR) is 162 cm³/mol. The zero-order valence-corrected chi connectivity index (χ0v) is 26.2. The van der Waals surface area contributed by atoms with Crippen LogP contribution in [-0.4, -0.2) is 148 Å². The Labute approximate surface area is 275 Å². The average Bonchev–Trinajstić information content (AvgIpc) is 3.48. The van der Waals surface area contributed by atoms with Crippen LogP contribution in [0.5, 0.6) is 23.0 Å². The van der Waals surface area contributed by atoms with E-state index in [1.165, 1.54) is 14.2 Å². The van der Waals surface area contributed by atoms with Gasteiger partial charge >= 0.3 is 0 Å². The lowest BCUT2D eigenvalue weighted by Crippen LogP contribution is -2.60. The fourth-order valence-electron chi connectivity index (χ4n) is 5.95. The summed E-state index contributed by atoms with van der Waals surface area (Å²) in [4.78, 5) is 0. The van der Waals surface area contributed by atoms with E-state index in [1.54, 1.807) is 42.5 Å². The highest BCUT2D eigenvalue weighted by atomic mass is 16.7. The fourth-order valence-corrected chi connectivity index (χ4v) is 5.95. The van der Waals surface area contributed by atoms with Gasteiger partial charge in [-0.3, -0.25) is 0 Å². The van der Waals surface area contributed by atoms with Crippen LogP contribution in [0.25, 0.3) is 6.08 Å². The molecule has 2 saturated heterocycles. The molecule has 3 aliphatic heterocycles. The number of hydrogen-bond donors (Lipinski definition) is 9. The number of aliphatic hydroxyl groups is 9. The molecule has 0 radical (unpaired) electrons. The lowest BCUT2D eigenvalue weighted by atomic mass is 9.90. The van der Waals surface area contributed by atoms with Crippen LogP contribution in [0.3, 0.4) is 0 Å². The van der Waals surface area contributed by atoms with Gasteiger partial charge in [-0.1, -0.05) is 18.2 Å². The van der Waals surface area contributed by atoms with Crippen LogP contribution in [0.15, 0.2) is 36.4 Å². The molecule has 0 saturated carbocycles. The number of ether oxygens (including phenoxy) is 7. The van der Waals surface area contributed by atoms with Crippen molar-refractivity contribution in [2.75, 3.05) is 40.6 Å². The average molecular weight is 683 g/mol. The Hall–Kier alpha value is -3.10. The zero-order valence-electron chi connectivity index (χ0n) is 26.2. The summed E-state index contributed by atoms with van der Waals surface area (Å²) >= 11 is 0. The van der Waals surface area contributed by atoms with Crippen LogP contribution in [0, 0.1) is 0 Å². The highest BCUT2D eigenvalue weighted by Crippen LogP contribution is 2.51. The predicted octanol–water partition coefficient (Wildman–Crippen LogP) is -2.08. The molecule has 16 nitrogen and oxygen atoms in total. The molecule has 2 aromatic carbocycles. The summed E-state index contributed by atoms with van der Waals surface area (Å²) in [5.41, 5.74) is 1.85. The normalized spacial score (nSPS) is 34.9. The third-order valence-corrected chi connectivity index (χ3v) is 8.66. The summed E-state index contributed by atoms with van der Waals surface area (Å²) in [7, 11) is 2.87. The lowest BCUT2D eigenvalue weighted by Gasteiger charge is -2.39. The molecule has 0 amide bonds. The largest absolute Gasteiger partial charge is 0.493 e. The summed E-state index contributed by atoms with van der Waals surface area (Å²) in [6.45, 7) is -1.58. The highest BCUT2D eigenvalue weighted by molar-refractivity contribution is 5.62. The first-order valence-corrected chi connectivity index (χ1v) is 15.3. The molecule has 48 heavy (non-hydrogen) atoms. The standard InChI is InChI=1S/C32H42O16/c1-42-18-6-5-15(10-19(18)45-32-28(41)26(39)24(37)22(13-35)47-32)29-17(11-33)16-8-14(9-20(43-2)30(16)48-29)4-3-7-44-31-27(40)25(38)23(36)21(12-34)46-31/h3-6,8-10,17,21-29,31-41H,7,11-13H2,1-2H3/b4-3+/t17?,21-,22-,23-,24-,25+,26+,27-,28-,29?,31-,32-/m1/s1. The molecule has 266 valence electrons. The van der Waals surface area contributed by atoms with Crippen molar-refractivity contribution in [1.82, 2.24) is 0 Å². The molecule has 3 heterocycles. The maximum absolute atomic E-state index is 10.5. The van der Waals surface area contributed by atoms with Gasteiger partial charge in [-0.05, 0) is 35.4 Å². The Morgan fingerprint density at radius 2 is 1.31 bits per heavy atom. The number of benzene rings is 2. The van der Waals surface area contributed by atoms with E-state index in [0.717, 1.165) is 0 Å². The van der Waals surface area contributed by atoms with Crippen LogP contribution in [0.2, 0.25) is 0 Å². The van der Waals surface area contributed by atoms with Crippen molar-refractivity contribution in [3.8, 4) is 23.0 Å². The Balaban J connectivity index is 1.33. The van der Waals surface area contributed by atoms with Crippen molar-refractivity contribution in [3.05, 3.63) is 53.1 Å². The van der Waals surface area contributed by atoms with Crippen LogP contribution < -0.4 is 18.9 Å². The van der Waals surface area contributed by atoms with Crippen molar-refractivity contribution in [3.63, 3.8) is 0 Å². The van der Waals surface area contributed by atoms with Gasteiger partial charge in [0, 0.05) is 5.56 Å². The van der Waals surface area contributed by atoms with Gasteiger partial charge in [0.1, 0.15) is 54.9 Å². The van der Waals surface area contributed by atoms with Crippen LogP contribution in [0.4, 0.5) is 0 Å². The molecule has 0 bridgehead atoms. The molecular weight excluding hydrogens is 640 g/mol. The van der Waals surface area contributed by atoms with E-state index in [1.807, 2.05) is 0 Å². The molecule has 16 heteroatoms. The number of hydrogen-bond acceptors (Lipinski definition) is 16. The molecule has 0 aromatic heterocycles. The van der Waals surface area contributed by atoms with Crippen LogP contribution in [0.1, 0.15) is 28.7 Å². The van der Waals surface area contributed by atoms with Gasteiger partial charge in [0.2, 0.25) is 6.29 Å². The van der Waals surface area contributed by atoms with Gasteiger partial charge in [-0.2, -0.15) is 0 Å². The molecule has 5 rings (SSSR count). The van der Waals surface area contributed by atoms with Gasteiger partial charge < -0.3 is 79.1 Å². The van der Waals surface area contributed by atoms with Crippen LogP contribution in [-0.2, 0) is 14.2 Å². The Kier molecular flexibility index (Phi) is 11.8. The molecular formula is C32H42O16. The van der Waals surface area contributed by atoms with Crippen molar-refractivity contribution in [2.24, 2.45) is 0 Å². The molecule has 3 aliphatic rings. The summed E-state index contributed by atoms with van der Waals surface area (Å²) < 4.78 is 39.6. The first-order chi connectivity index (χ1) is 23.1. The van der Waals surface area contributed by atoms with E-state index in [4.69, 9.17) is 33.2 Å². The van der Waals surface area contributed by atoms with E-state index in [2.05, 4.69) is 0 Å². The molecule has 2 unspecified atom stereocenters. The second-order valence-electron chi connectivity index (χ2n) is 11.6. The second kappa shape index (κ2) is 15.6. The van der Waals surface area contributed by atoms with Gasteiger partial charge in [0.25, 0.3) is 0 Å². The maximum atomic E-state index is 10.5. The maximum Gasteiger partial charge on any atom is 0.229 e. The van der Waals surface area contributed by atoms with Gasteiger partial charge in [-0.25, -0.2) is 0 Å². The topological polar surface area (TPSA) is 247 Å². The van der Waals surface area contributed by atoms with E-state index in [-0.39, 0.29) is 24.7 Å². The Morgan fingerprint density at radius 1 is 0.688 bits per heavy atom. The van der Waals surface area contributed by atoms with Crippen LogP contribution >= 0.6 is 0 Å². The smallest absolute Gasteiger partial charge is 0.229 e. The summed E-state index contributed by atoms with van der Waals surface area (Å²) in [6, 6.07) is 8.39. The minimum Gasteiger partial charge on any atom is -0.493 e. The number of fused-ring (bicyclic) bond motifs is 1. The van der Waals surface area contributed by atoms with Gasteiger partial charge in [0.15, 0.2) is 29.3 Å². The molecule has 9 N–H and O–H groups in total. The monoisotopic (exact) mass is 682 g/mol. The highest BCUT2D eigenvalue weighted by Gasteiger charge is 2.46. The van der Waals surface area contributed by atoms with Crippen molar-refractivity contribution < 1.29 is 79.1 Å². The molecule has 12 atom stereocenters. The van der Waals surface area contributed by atoms with E-state index in [0.29, 0.717) is 28.2 Å².